The zero-order valence-corrected chi connectivity index (χ0v) is 17.4. The molecule has 1 amide bonds. The number of thioether (sulfide) groups is 1. The van der Waals surface area contributed by atoms with Crippen LogP contribution in [0.15, 0.2) is 58.6 Å². The molecule has 7 nitrogen and oxygen atoms in total. The van der Waals surface area contributed by atoms with Crippen molar-refractivity contribution in [3.8, 4) is 0 Å². The van der Waals surface area contributed by atoms with E-state index in [0.29, 0.717) is 31.3 Å². The molecule has 150 valence electrons. The van der Waals surface area contributed by atoms with Gasteiger partial charge >= 0.3 is 0 Å². The molecule has 1 saturated heterocycles. The SMILES string of the molecule is CN(C)S(=O)(=O)c1ccc(SC(C(=O)N2CCOCC2)c2ccccc2)nc1. The van der Waals surface area contributed by atoms with Gasteiger partial charge in [-0.05, 0) is 17.7 Å². The first-order valence-electron chi connectivity index (χ1n) is 8.86. The summed E-state index contributed by atoms with van der Waals surface area (Å²) in [5.41, 5.74) is 0.885. The first-order valence-corrected chi connectivity index (χ1v) is 11.2. The normalized spacial score (nSPS) is 16.2. The molecule has 28 heavy (non-hydrogen) atoms. The molecule has 3 rings (SSSR count). The van der Waals surface area contributed by atoms with E-state index in [4.69, 9.17) is 4.74 Å². The highest BCUT2D eigenvalue weighted by atomic mass is 32.2. The van der Waals surface area contributed by atoms with Crippen LogP contribution in [-0.2, 0) is 19.6 Å². The Kier molecular flexibility index (Phi) is 6.71. The van der Waals surface area contributed by atoms with Crippen molar-refractivity contribution >= 4 is 27.7 Å². The molecule has 2 aromatic rings. The van der Waals surface area contributed by atoms with Gasteiger partial charge in [0, 0.05) is 33.4 Å². The lowest BCUT2D eigenvalue weighted by molar-refractivity contribution is -0.134. The highest BCUT2D eigenvalue weighted by molar-refractivity contribution is 8.00. The maximum Gasteiger partial charge on any atom is 0.244 e. The Bertz CT molecular complexity index is 897. The van der Waals surface area contributed by atoms with Gasteiger partial charge in [0.25, 0.3) is 0 Å². The molecule has 0 aliphatic carbocycles. The number of pyridine rings is 1. The van der Waals surface area contributed by atoms with Gasteiger partial charge < -0.3 is 9.64 Å². The van der Waals surface area contributed by atoms with Crippen LogP contribution in [0.3, 0.4) is 0 Å². The lowest BCUT2D eigenvalue weighted by Crippen LogP contribution is -2.42. The average molecular weight is 422 g/mol. The predicted octanol–water partition coefficient (Wildman–Crippen LogP) is 2.02. The van der Waals surface area contributed by atoms with Crippen LogP contribution >= 0.6 is 11.8 Å². The molecule has 1 atom stereocenters. The van der Waals surface area contributed by atoms with Crippen LogP contribution in [0.2, 0.25) is 0 Å². The van der Waals surface area contributed by atoms with E-state index in [2.05, 4.69) is 4.98 Å². The number of sulfonamides is 1. The van der Waals surface area contributed by atoms with Gasteiger partial charge in [-0.15, -0.1) is 0 Å². The van der Waals surface area contributed by atoms with Crippen molar-refractivity contribution in [2.45, 2.75) is 15.2 Å². The summed E-state index contributed by atoms with van der Waals surface area (Å²) in [5.74, 6) is 0.00582. The standard InChI is InChI=1S/C19H23N3O4S2/c1-21(2)28(24,25)16-8-9-17(20-14-16)27-18(15-6-4-3-5-7-15)19(23)22-10-12-26-13-11-22/h3-9,14,18H,10-13H2,1-2H3. The maximum atomic E-state index is 13.1. The maximum absolute atomic E-state index is 13.1. The van der Waals surface area contributed by atoms with Crippen LogP contribution in [0.4, 0.5) is 0 Å². The molecule has 2 heterocycles. The number of aromatic nitrogens is 1. The zero-order chi connectivity index (χ0) is 20.1. The Morgan fingerprint density at radius 3 is 2.39 bits per heavy atom. The third-order valence-electron chi connectivity index (χ3n) is 4.38. The highest BCUT2D eigenvalue weighted by Gasteiger charge is 2.28. The molecular formula is C19H23N3O4S2. The first-order chi connectivity index (χ1) is 13.4. The molecule has 1 unspecified atom stereocenters. The van der Waals surface area contributed by atoms with Crippen molar-refractivity contribution in [3.05, 3.63) is 54.2 Å². The van der Waals surface area contributed by atoms with Crippen LogP contribution in [-0.4, -0.2) is 68.9 Å². The van der Waals surface area contributed by atoms with E-state index in [-0.39, 0.29) is 10.8 Å². The third-order valence-corrected chi connectivity index (χ3v) is 7.37. The number of carbonyl (C=O) groups is 1. The van der Waals surface area contributed by atoms with E-state index in [1.54, 1.807) is 11.0 Å². The fourth-order valence-corrected chi connectivity index (χ4v) is 4.65. The second-order valence-electron chi connectivity index (χ2n) is 6.47. The van der Waals surface area contributed by atoms with Gasteiger partial charge in [0.05, 0.1) is 18.2 Å². The number of carbonyl (C=O) groups excluding carboxylic acids is 1. The largest absolute Gasteiger partial charge is 0.378 e. The summed E-state index contributed by atoms with van der Waals surface area (Å²) < 4.78 is 30.9. The van der Waals surface area contributed by atoms with E-state index in [9.17, 15) is 13.2 Å². The van der Waals surface area contributed by atoms with Gasteiger partial charge in [0.1, 0.15) is 10.1 Å². The van der Waals surface area contributed by atoms with E-state index in [0.717, 1.165) is 9.87 Å². The Morgan fingerprint density at radius 1 is 1.14 bits per heavy atom. The second-order valence-corrected chi connectivity index (χ2v) is 9.74. The molecule has 1 aliphatic rings. The van der Waals surface area contributed by atoms with Crippen LogP contribution in [0, 0.1) is 0 Å². The molecule has 0 bridgehead atoms. The quantitative estimate of drug-likeness (QED) is 0.664. The number of hydrogen-bond donors (Lipinski definition) is 0. The summed E-state index contributed by atoms with van der Waals surface area (Å²) >= 11 is 1.32. The summed E-state index contributed by atoms with van der Waals surface area (Å²) in [6.45, 7) is 2.20. The zero-order valence-electron chi connectivity index (χ0n) is 15.8. The fourth-order valence-electron chi connectivity index (χ4n) is 2.76. The smallest absolute Gasteiger partial charge is 0.244 e. The minimum atomic E-state index is -3.54. The number of rotatable bonds is 6. The van der Waals surface area contributed by atoms with Crippen LogP contribution in [0.5, 0.6) is 0 Å². The van der Waals surface area contributed by atoms with Crippen molar-refractivity contribution in [1.82, 2.24) is 14.2 Å². The molecular weight excluding hydrogens is 398 g/mol. The van der Waals surface area contributed by atoms with Crippen molar-refractivity contribution in [3.63, 3.8) is 0 Å². The molecule has 1 fully saturated rings. The minimum Gasteiger partial charge on any atom is -0.378 e. The van der Waals surface area contributed by atoms with Crippen molar-refractivity contribution in [2.75, 3.05) is 40.4 Å². The molecule has 1 aromatic heterocycles. The molecule has 0 spiro atoms. The number of hydrogen-bond acceptors (Lipinski definition) is 6. The average Bonchev–Trinajstić information content (AvgIpc) is 2.73. The van der Waals surface area contributed by atoms with E-state index >= 15 is 0 Å². The van der Waals surface area contributed by atoms with Crippen LogP contribution < -0.4 is 0 Å². The monoisotopic (exact) mass is 421 g/mol. The number of ether oxygens (including phenoxy) is 1. The molecule has 9 heteroatoms. The van der Waals surface area contributed by atoms with Gasteiger partial charge in [-0.2, -0.15) is 0 Å². The Morgan fingerprint density at radius 2 is 1.82 bits per heavy atom. The highest BCUT2D eigenvalue weighted by Crippen LogP contribution is 2.36. The number of amides is 1. The predicted molar refractivity (Wildman–Crippen MR) is 108 cm³/mol. The van der Waals surface area contributed by atoms with E-state index in [1.165, 1.54) is 38.1 Å². The first kappa shape index (κ1) is 20.8. The van der Waals surface area contributed by atoms with Crippen molar-refractivity contribution in [1.29, 1.82) is 0 Å². The molecule has 1 aromatic carbocycles. The summed E-state index contributed by atoms with van der Waals surface area (Å²) in [6.07, 6.45) is 1.33. The van der Waals surface area contributed by atoms with E-state index in [1.807, 2.05) is 30.3 Å². The summed E-state index contributed by atoms with van der Waals surface area (Å²) in [6, 6.07) is 12.7. The van der Waals surface area contributed by atoms with Gasteiger partial charge in [0.2, 0.25) is 15.9 Å². The van der Waals surface area contributed by atoms with Gasteiger partial charge in [0.15, 0.2) is 0 Å². The molecule has 0 N–H and O–H groups in total. The fraction of sp³-hybridized carbons (Fsp3) is 0.368. The summed E-state index contributed by atoms with van der Waals surface area (Å²) in [4.78, 5) is 19.3. The third kappa shape index (κ3) is 4.72. The Hall–Kier alpha value is -1.94. The van der Waals surface area contributed by atoms with Crippen LogP contribution in [0.1, 0.15) is 10.8 Å². The number of nitrogens with zero attached hydrogens (tertiary/aromatic N) is 3. The lowest BCUT2D eigenvalue weighted by Gasteiger charge is -2.30. The Balaban J connectivity index is 1.84. The number of morpholine rings is 1. The van der Waals surface area contributed by atoms with Gasteiger partial charge in [-0.1, -0.05) is 42.1 Å². The van der Waals surface area contributed by atoms with Gasteiger partial charge in [-0.25, -0.2) is 17.7 Å². The number of benzene rings is 1. The summed E-state index contributed by atoms with van der Waals surface area (Å²) in [7, 11) is -0.582. The van der Waals surface area contributed by atoms with E-state index < -0.39 is 15.3 Å². The summed E-state index contributed by atoms with van der Waals surface area (Å²) in [5, 5.41) is 0.135. The van der Waals surface area contributed by atoms with Crippen LogP contribution in [0.25, 0.3) is 0 Å². The molecule has 0 radical (unpaired) electrons. The van der Waals surface area contributed by atoms with Crippen molar-refractivity contribution in [2.24, 2.45) is 0 Å². The van der Waals surface area contributed by atoms with Gasteiger partial charge in [-0.3, -0.25) is 4.79 Å². The molecule has 1 aliphatic heterocycles. The topological polar surface area (TPSA) is 79.8 Å². The van der Waals surface area contributed by atoms with Crippen molar-refractivity contribution < 1.29 is 17.9 Å². The lowest BCUT2D eigenvalue weighted by atomic mass is 10.1. The Labute approximate surface area is 169 Å². The minimum absolute atomic E-state index is 0.00582. The molecule has 0 saturated carbocycles. The second kappa shape index (κ2) is 9.04.